The number of rotatable bonds is 3. The number of amides is 1. The van der Waals surface area contributed by atoms with Crippen molar-refractivity contribution in [3.63, 3.8) is 0 Å². The number of aliphatic hydroxyl groups excluding tert-OH is 1. The van der Waals surface area contributed by atoms with Crippen LogP contribution in [0.1, 0.15) is 39.0 Å². The first kappa shape index (κ1) is 18.9. The summed E-state index contributed by atoms with van der Waals surface area (Å²) in [6.45, 7) is 6.19. The van der Waals surface area contributed by atoms with Gasteiger partial charge < -0.3 is 20.3 Å². The fraction of sp³-hybridized carbons (Fsp3) is 0.652. The number of carbonyl (C=O) groups excluding carboxylic acids is 2. The van der Waals surface area contributed by atoms with Crippen molar-refractivity contribution in [2.45, 2.75) is 56.3 Å². The number of ether oxygens (including phenoxy) is 1. The van der Waals surface area contributed by atoms with Crippen molar-refractivity contribution in [1.82, 2.24) is 5.32 Å². The molecule has 4 fully saturated rings. The molecule has 1 aliphatic heterocycles. The summed E-state index contributed by atoms with van der Waals surface area (Å²) in [4.78, 5) is 26.5. The first-order valence-corrected chi connectivity index (χ1v) is 10.4. The summed E-state index contributed by atoms with van der Waals surface area (Å²) in [5, 5.41) is 24.9. The van der Waals surface area contributed by atoms with Gasteiger partial charge in [0.25, 0.3) is 0 Å². The van der Waals surface area contributed by atoms with Crippen molar-refractivity contribution in [3.05, 3.63) is 24.3 Å². The maximum absolute atomic E-state index is 13.5. The van der Waals surface area contributed by atoms with Crippen LogP contribution in [0.15, 0.2) is 24.3 Å². The predicted octanol–water partition coefficient (Wildman–Crippen LogP) is 1.08. The van der Waals surface area contributed by atoms with E-state index < -0.39 is 45.9 Å². The van der Waals surface area contributed by atoms with Crippen molar-refractivity contribution < 1.29 is 24.5 Å². The Balaban J connectivity index is 1.68. The van der Waals surface area contributed by atoms with Gasteiger partial charge in [-0.15, -0.1) is 12.3 Å². The van der Waals surface area contributed by atoms with Gasteiger partial charge in [-0.25, -0.2) is 0 Å². The number of esters is 1. The molecule has 0 unspecified atom stereocenters. The second-order valence-electron chi connectivity index (χ2n) is 9.84. The molecule has 1 spiro atoms. The molecule has 0 aromatic heterocycles. The van der Waals surface area contributed by atoms with Crippen molar-refractivity contribution in [3.8, 4) is 12.3 Å². The Kier molecular flexibility index (Phi) is 3.60. The Morgan fingerprint density at radius 2 is 2.28 bits per heavy atom. The lowest BCUT2D eigenvalue weighted by Crippen LogP contribution is -2.52. The molecule has 6 heteroatoms. The van der Waals surface area contributed by atoms with Crippen molar-refractivity contribution in [2.75, 3.05) is 6.54 Å². The van der Waals surface area contributed by atoms with E-state index in [0.717, 1.165) is 5.57 Å². The number of carbonyl (C=O) groups is 2. The van der Waals surface area contributed by atoms with Crippen LogP contribution < -0.4 is 5.32 Å². The van der Waals surface area contributed by atoms with E-state index in [1.165, 1.54) is 0 Å². The van der Waals surface area contributed by atoms with Gasteiger partial charge in [0.2, 0.25) is 5.91 Å². The minimum absolute atomic E-state index is 0.0996. The second kappa shape index (κ2) is 5.53. The van der Waals surface area contributed by atoms with Crippen LogP contribution in [0.25, 0.3) is 0 Å². The van der Waals surface area contributed by atoms with Crippen LogP contribution in [0.5, 0.6) is 0 Å². The molecule has 1 heterocycles. The Morgan fingerprint density at radius 1 is 1.52 bits per heavy atom. The molecule has 8 atom stereocenters. The zero-order valence-electron chi connectivity index (χ0n) is 16.6. The lowest BCUT2D eigenvalue weighted by atomic mass is 9.60. The maximum Gasteiger partial charge on any atom is 0.316 e. The summed E-state index contributed by atoms with van der Waals surface area (Å²) in [5.74, 6) is 0.725. The molecule has 5 rings (SSSR count). The Bertz CT molecular complexity index is 903. The normalized spacial score (nSPS) is 51.2. The maximum atomic E-state index is 13.5. The Morgan fingerprint density at radius 3 is 3.00 bits per heavy atom. The number of hydrogen-bond acceptors (Lipinski definition) is 5. The van der Waals surface area contributed by atoms with Crippen LogP contribution in [0.2, 0.25) is 0 Å². The topological polar surface area (TPSA) is 95.9 Å². The van der Waals surface area contributed by atoms with Crippen molar-refractivity contribution in [2.24, 2.45) is 28.6 Å². The summed E-state index contributed by atoms with van der Waals surface area (Å²) >= 11 is 0. The quantitative estimate of drug-likeness (QED) is 0.287. The summed E-state index contributed by atoms with van der Waals surface area (Å²) < 4.78 is 6.05. The van der Waals surface area contributed by atoms with Gasteiger partial charge in [-0.1, -0.05) is 12.7 Å². The van der Waals surface area contributed by atoms with Crippen LogP contribution in [-0.2, 0) is 14.3 Å². The van der Waals surface area contributed by atoms with Gasteiger partial charge in [0.05, 0.1) is 17.6 Å². The van der Waals surface area contributed by atoms with Gasteiger partial charge in [0.15, 0.2) is 0 Å². The first-order chi connectivity index (χ1) is 13.7. The molecule has 1 saturated heterocycles. The van der Waals surface area contributed by atoms with Crippen LogP contribution in [0.3, 0.4) is 0 Å². The molecule has 4 aliphatic carbocycles. The van der Waals surface area contributed by atoms with E-state index >= 15 is 0 Å². The van der Waals surface area contributed by atoms with E-state index in [0.29, 0.717) is 38.6 Å². The highest BCUT2D eigenvalue weighted by Gasteiger charge is 2.83. The second-order valence-corrected chi connectivity index (χ2v) is 9.84. The minimum Gasteiger partial charge on any atom is -0.454 e. The van der Waals surface area contributed by atoms with Gasteiger partial charge in [-0.05, 0) is 49.7 Å². The molecule has 0 radical (unpaired) electrons. The summed E-state index contributed by atoms with van der Waals surface area (Å²) in [7, 11) is 0. The lowest BCUT2D eigenvalue weighted by molar-refractivity contribution is -0.160. The largest absolute Gasteiger partial charge is 0.454 e. The van der Waals surface area contributed by atoms with Crippen LogP contribution in [0, 0.1) is 40.9 Å². The van der Waals surface area contributed by atoms with Gasteiger partial charge in [-0.3, -0.25) is 9.59 Å². The third-order valence-electron chi connectivity index (χ3n) is 8.71. The molecule has 5 aliphatic rings. The zero-order chi connectivity index (χ0) is 20.8. The van der Waals surface area contributed by atoms with Crippen LogP contribution in [0.4, 0.5) is 0 Å². The first-order valence-electron chi connectivity index (χ1n) is 10.4. The standard InChI is InChI=1S/C23H27NO5/c1-4-5-10-24-18(26)16-17-20(3)15(25)7-9-23(17,29-19(20)27)14-6-8-22(28)12-21(14,16)11-13(22)2/h1,7,9,14-17,25,28H,2,5-6,8,10-12H2,3H3,(H,24,26)/t14-,15+,16-,17-,20-,21+,22+,23-/m1/s1. The average Bonchev–Trinajstić information content (AvgIpc) is 3.09. The molecule has 154 valence electrons. The molecule has 4 bridgehead atoms. The monoisotopic (exact) mass is 397 g/mol. The molecule has 0 aromatic rings. The zero-order valence-corrected chi connectivity index (χ0v) is 16.6. The van der Waals surface area contributed by atoms with E-state index in [9.17, 15) is 19.8 Å². The fourth-order valence-electron chi connectivity index (χ4n) is 7.52. The SMILES string of the molecule is C#CCCNC(=O)[C@H]1[C@H]2[C@@]3(C=C[C@H](O)[C@@]2(C)C(=O)O3)[C@@H]2CC[C@]3(O)C[C@@]21CC3=C. The third kappa shape index (κ3) is 1.96. The molecule has 29 heavy (non-hydrogen) atoms. The average molecular weight is 397 g/mol. The van der Waals surface area contributed by atoms with E-state index in [1.807, 2.05) is 6.08 Å². The number of terminal acetylenes is 1. The van der Waals surface area contributed by atoms with Crippen molar-refractivity contribution in [1.29, 1.82) is 0 Å². The highest BCUT2D eigenvalue weighted by molar-refractivity contribution is 5.88. The Hall–Kier alpha value is -2.10. The highest BCUT2D eigenvalue weighted by atomic mass is 16.6. The van der Waals surface area contributed by atoms with E-state index in [-0.39, 0.29) is 11.8 Å². The van der Waals surface area contributed by atoms with Crippen LogP contribution in [-0.4, -0.2) is 45.9 Å². The van der Waals surface area contributed by atoms with E-state index in [1.54, 1.807) is 13.0 Å². The number of nitrogens with one attached hydrogen (secondary N) is 1. The van der Waals surface area contributed by atoms with E-state index in [4.69, 9.17) is 11.2 Å². The molecule has 6 nitrogen and oxygen atoms in total. The molecule has 1 amide bonds. The van der Waals surface area contributed by atoms with Gasteiger partial charge in [0.1, 0.15) is 11.0 Å². The minimum atomic E-state index is -1.20. The summed E-state index contributed by atoms with van der Waals surface area (Å²) in [5.41, 5.74) is -2.90. The predicted molar refractivity (Wildman–Crippen MR) is 104 cm³/mol. The molecular weight excluding hydrogens is 370 g/mol. The van der Waals surface area contributed by atoms with Gasteiger partial charge >= 0.3 is 5.97 Å². The molecule has 3 N–H and O–H groups in total. The summed E-state index contributed by atoms with van der Waals surface area (Å²) in [6.07, 6.45) is 10.4. The fourth-order valence-corrected chi connectivity index (χ4v) is 7.52. The molecule has 3 saturated carbocycles. The highest BCUT2D eigenvalue weighted by Crippen LogP contribution is 2.77. The van der Waals surface area contributed by atoms with E-state index in [2.05, 4.69) is 17.8 Å². The van der Waals surface area contributed by atoms with Crippen molar-refractivity contribution >= 4 is 11.9 Å². The number of fused-ring (bicyclic) bond motifs is 1. The Labute approximate surface area is 170 Å². The smallest absolute Gasteiger partial charge is 0.316 e. The molecule has 0 aromatic carbocycles. The van der Waals surface area contributed by atoms with Gasteiger partial charge in [-0.2, -0.15) is 0 Å². The number of hydrogen-bond donors (Lipinski definition) is 3. The third-order valence-corrected chi connectivity index (χ3v) is 8.71. The van der Waals surface area contributed by atoms with Gasteiger partial charge in [0, 0.05) is 24.8 Å². The lowest BCUT2D eigenvalue weighted by Gasteiger charge is -2.44. The number of aliphatic hydroxyl groups is 2. The summed E-state index contributed by atoms with van der Waals surface area (Å²) in [6, 6.07) is 0. The van der Waals surface area contributed by atoms with Crippen LogP contribution >= 0.6 is 0 Å². The molecular formula is C23H27NO5.